The van der Waals surface area contributed by atoms with Crippen molar-refractivity contribution in [1.82, 2.24) is 20.7 Å². The normalized spacial score (nSPS) is 30.0. The molecule has 2 aliphatic heterocycles. The van der Waals surface area contributed by atoms with Gasteiger partial charge in [0.05, 0.1) is 24.4 Å². The van der Waals surface area contributed by atoms with Gasteiger partial charge in [0.25, 0.3) is 0 Å². The Morgan fingerprint density at radius 2 is 2.28 bits per heavy atom. The highest BCUT2D eigenvalue weighted by Gasteiger charge is 2.47. The Morgan fingerprint density at radius 3 is 3.00 bits per heavy atom. The largest absolute Gasteiger partial charge is 0.486 e. The summed E-state index contributed by atoms with van der Waals surface area (Å²) in [5.41, 5.74) is 9.08. The Balaban J connectivity index is 1.74. The second kappa shape index (κ2) is 6.83. The van der Waals surface area contributed by atoms with E-state index in [4.69, 9.17) is 10.5 Å². The van der Waals surface area contributed by atoms with E-state index in [9.17, 15) is 9.18 Å². The standard InChI is InChI=1S/C16H25FN6O2/c1-16(2,3)25-11-4-5-19-7-10(11)21-15(24)12-13(18)22-23-8-9(17)6-20-14(12)23/h4-5,7,9,12-14,20,22H,6,8,18H2,1-3H3,(H,21,24). The van der Waals surface area contributed by atoms with Crippen LogP contribution in [0, 0.1) is 5.92 Å². The number of nitrogens with zero attached hydrogens (tertiary/aromatic N) is 2. The molecule has 5 N–H and O–H groups in total. The number of carbonyl (C=O) groups excluding carboxylic acids is 1. The SMILES string of the molecule is CC(C)(C)Oc1ccncc1NC(=O)C1C(N)NN2CC(F)CNC12. The van der Waals surface area contributed by atoms with Crippen molar-refractivity contribution in [3.05, 3.63) is 18.5 Å². The summed E-state index contributed by atoms with van der Waals surface area (Å²) in [7, 11) is 0. The summed E-state index contributed by atoms with van der Waals surface area (Å²) in [6.45, 7) is 6.16. The van der Waals surface area contributed by atoms with Crippen LogP contribution in [0.4, 0.5) is 10.1 Å². The summed E-state index contributed by atoms with van der Waals surface area (Å²) in [6, 6.07) is 1.70. The van der Waals surface area contributed by atoms with Crippen LogP contribution in [0.2, 0.25) is 0 Å². The number of aromatic nitrogens is 1. The fraction of sp³-hybridized carbons (Fsp3) is 0.625. The number of nitrogens with two attached hydrogens (primary N) is 1. The molecule has 3 heterocycles. The molecule has 0 aromatic carbocycles. The Labute approximate surface area is 146 Å². The van der Waals surface area contributed by atoms with Crippen molar-refractivity contribution in [3.63, 3.8) is 0 Å². The molecule has 8 nitrogen and oxygen atoms in total. The Bertz CT molecular complexity index is 637. The fourth-order valence-corrected chi connectivity index (χ4v) is 3.09. The summed E-state index contributed by atoms with van der Waals surface area (Å²) in [6.07, 6.45) is 1.18. The van der Waals surface area contributed by atoms with Crippen LogP contribution in [0.5, 0.6) is 5.75 Å². The molecule has 3 rings (SSSR count). The van der Waals surface area contributed by atoms with Gasteiger partial charge in [-0.25, -0.2) is 14.8 Å². The molecule has 4 atom stereocenters. The van der Waals surface area contributed by atoms with Crippen LogP contribution in [-0.4, -0.2) is 53.1 Å². The summed E-state index contributed by atoms with van der Waals surface area (Å²) in [5.74, 6) is -0.313. The van der Waals surface area contributed by atoms with Crippen LogP contribution in [0.3, 0.4) is 0 Å². The first kappa shape index (κ1) is 18.0. The summed E-state index contributed by atoms with van der Waals surface area (Å²) in [5, 5.41) is 7.53. The van der Waals surface area contributed by atoms with Gasteiger partial charge in [0, 0.05) is 25.4 Å². The average molecular weight is 352 g/mol. The topological polar surface area (TPSA) is 105 Å². The van der Waals surface area contributed by atoms with Crippen molar-refractivity contribution in [3.8, 4) is 5.75 Å². The average Bonchev–Trinajstić information content (AvgIpc) is 2.82. The molecule has 0 aliphatic carbocycles. The number of pyridine rings is 1. The van der Waals surface area contributed by atoms with Crippen LogP contribution >= 0.6 is 0 Å². The van der Waals surface area contributed by atoms with Crippen LogP contribution < -0.4 is 26.5 Å². The number of anilines is 1. The van der Waals surface area contributed by atoms with E-state index in [0.717, 1.165) is 0 Å². The van der Waals surface area contributed by atoms with Crippen molar-refractivity contribution in [2.45, 2.75) is 44.9 Å². The number of halogens is 1. The van der Waals surface area contributed by atoms with E-state index in [2.05, 4.69) is 21.0 Å². The van der Waals surface area contributed by atoms with Gasteiger partial charge < -0.3 is 15.8 Å². The molecule has 2 saturated heterocycles. The first-order valence-electron chi connectivity index (χ1n) is 8.34. The third-order valence-electron chi connectivity index (χ3n) is 4.08. The quantitative estimate of drug-likeness (QED) is 0.615. The number of hydrogen-bond donors (Lipinski definition) is 4. The van der Waals surface area contributed by atoms with Gasteiger partial charge >= 0.3 is 0 Å². The van der Waals surface area contributed by atoms with Crippen molar-refractivity contribution in [1.29, 1.82) is 0 Å². The number of alkyl halides is 1. The third kappa shape index (κ3) is 4.06. The number of fused-ring (bicyclic) bond motifs is 1. The zero-order valence-electron chi connectivity index (χ0n) is 14.6. The second-order valence-corrected chi connectivity index (χ2v) is 7.36. The monoisotopic (exact) mass is 352 g/mol. The Morgan fingerprint density at radius 1 is 1.52 bits per heavy atom. The van der Waals surface area contributed by atoms with E-state index >= 15 is 0 Å². The molecule has 2 fully saturated rings. The molecule has 4 unspecified atom stereocenters. The maximum Gasteiger partial charge on any atom is 0.233 e. The van der Waals surface area contributed by atoms with E-state index < -0.39 is 23.9 Å². The zero-order valence-corrected chi connectivity index (χ0v) is 14.6. The number of ether oxygens (including phenoxy) is 1. The first-order chi connectivity index (χ1) is 11.7. The summed E-state index contributed by atoms with van der Waals surface area (Å²) < 4.78 is 19.4. The van der Waals surface area contributed by atoms with Gasteiger partial charge in [-0.05, 0) is 20.8 Å². The van der Waals surface area contributed by atoms with Gasteiger partial charge in [-0.2, -0.15) is 0 Å². The number of amides is 1. The number of hydrogen-bond acceptors (Lipinski definition) is 7. The molecular formula is C16H25FN6O2. The highest BCUT2D eigenvalue weighted by atomic mass is 19.1. The van der Waals surface area contributed by atoms with Gasteiger partial charge in [-0.1, -0.05) is 0 Å². The highest BCUT2D eigenvalue weighted by molar-refractivity contribution is 5.94. The molecule has 0 radical (unpaired) electrons. The third-order valence-corrected chi connectivity index (χ3v) is 4.08. The second-order valence-electron chi connectivity index (χ2n) is 7.36. The van der Waals surface area contributed by atoms with Crippen molar-refractivity contribution >= 4 is 11.6 Å². The van der Waals surface area contributed by atoms with Crippen LogP contribution in [0.25, 0.3) is 0 Å². The lowest BCUT2D eigenvalue weighted by Crippen LogP contribution is -2.58. The molecule has 1 amide bonds. The molecule has 0 spiro atoms. The minimum atomic E-state index is -0.997. The van der Waals surface area contributed by atoms with E-state index in [-0.39, 0.29) is 25.2 Å². The zero-order chi connectivity index (χ0) is 18.2. The minimum absolute atomic E-state index is 0.195. The lowest BCUT2D eigenvalue weighted by molar-refractivity contribution is -0.121. The molecule has 9 heteroatoms. The molecule has 2 aliphatic rings. The molecule has 138 valence electrons. The molecule has 1 aromatic rings. The van der Waals surface area contributed by atoms with Crippen LogP contribution in [0.1, 0.15) is 20.8 Å². The summed E-state index contributed by atoms with van der Waals surface area (Å²) >= 11 is 0. The number of carbonyl (C=O) groups is 1. The van der Waals surface area contributed by atoms with Gasteiger partial charge in [0.2, 0.25) is 5.91 Å². The number of nitrogens with one attached hydrogen (secondary N) is 3. The van der Waals surface area contributed by atoms with E-state index in [1.54, 1.807) is 17.3 Å². The molecule has 1 aromatic heterocycles. The van der Waals surface area contributed by atoms with E-state index in [1.165, 1.54) is 6.20 Å². The van der Waals surface area contributed by atoms with Crippen molar-refractivity contribution in [2.24, 2.45) is 11.7 Å². The van der Waals surface area contributed by atoms with Gasteiger partial charge in [-0.3, -0.25) is 15.1 Å². The molecule has 0 saturated carbocycles. The van der Waals surface area contributed by atoms with Crippen molar-refractivity contribution in [2.75, 3.05) is 18.4 Å². The summed E-state index contributed by atoms with van der Waals surface area (Å²) in [4.78, 5) is 16.9. The lowest BCUT2D eigenvalue weighted by atomic mass is 10.0. The molecule has 25 heavy (non-hydrogen) atoms. The number of hydrazine groups is 1. The molecule has 0 bridgehead atoms. The van der Waals surface area contributed by atoms with E-state index in [0.29, 0.717) is 11.4 Å². The maximum absolute atomic E-state index is 13.5. The van der Waals surface area contributed by atoms with Crippen LogP contribution in [-0.2, 0) is 4.79 Å². The van der Waals surface area contributed by atoms with Gasteiger partial charge in [-0.15, -0.1) is 0 Å². The smallest absolute Gasteiger partial charge is 0.233 e. The van der Waals surface area contributed by atoms with Gasteiger partial charge in [0.1, 0.15) is 23.2 Å². The highest BCUT2D eigenvalue weighted by Crippen LogP contribution is 2.29. The Hall–Kier alpha value is -1.81. The van der Waals surface area contributed by atoms with Crippen molar-refractivity contribution < 1.29 is 13.9 Å². The minimum Gasteiger partial charge on any atom is -0.486 e. The van der Waals surface area contributed by atoms with Crippen LogP contribution in [0.15, 0.2) is 18.5 Å². The maximum atomic E-state index is 13.5. The number of rotatable bonds is 3. The van der Waals surface area contributed by atoms with E-state index in [1.807, 2.05) is 20.8 Å². The fourth-order valence-electron chi connectivity index (χ4n) is 3.09. The molecular weight excluding hydrogens is 327 g/mol. The predicted molar refractivity (Wildman–Crippen MR) is 91.2 cm³/mol. The predicted octanol–water partition coefficient (Wildman–Crippen LogP) is 0.186. The lowest BCUT2D eigenvalue weighted by Gasteiger charge is -2.33. The Kier molecular flexibility index (Phi) is 4.92. The van der Waals surface area contributed by atoms with Gasteiger partial charge in [0.15, 0.2) is 0 Å². The first-order valence-corrected chi connectivity index (χ1v) is 8.34.